The minimum absolute atomic E-state index is 0.0316. The molecule has 0 amide bonds. The summed E-state index contributed by atoms with van der Waals surface area (Å²) in [6.45, 7) is 4.40. The van der Waals surface area contributed by atoms with Gasteiger partial charge in [-0.15, -0.1) is 0 Å². The molecule has 0 aromatic carbocycles. The molecule has 1 heterocycles. The zero-order chi connectivity index (χ0) is 14.8. The van der Waals surface area contributed by atoms with Gasteiger partial charge < -0.3 is 9.84 Å². The molecule has 20 heavy (non-hydrogen) atoms. The first kappa shape index (κ1) is 15.4. The van der Waals surface area contributed by atoms with Gasteiger partial charge in [-0.25, -0.2) is 0 Å². The molecule has 0 bridgehead atoms. The average molecular weight is 290 g/mol. The van der Waals surface area contributed by atoms with Crippen molar-refractivity contribution in [2.24, 2.45) is 5.92 Å². The Morgan fingerprint density at radius 2 is 2.05 bits per heavy atom. The van der Waals surface area contributed by atoms with Crippen molar-refractivity contribution in [3.63, 3.8) is 0 Å². The van der Waals surface area contributed by atoms with Crippen molar-refractivity contribution < 1.29 is 17.7 Å². The molecule has 114 valence electrons. The number of halogens is 3. The Morgan fingerprint density at radius 3 is 2.65 bits per heavy atom. The van der Waals surface area contributed by atoms with Crippen LogP contribution in [0.5, 0.6) is 0 Å². The summed E-state index contributed by atoms with van der Waals surface area (Å²) in [5.74, 6) is -0.353. The van der Waals surface area contributed by atoms with Gasteiger partial charge in [-0.3, -0.25) is 0 Å². The summed E-state index contributed by atoms with van der Waals surface area (Å²) in [7, 11) is 0. The fraction of sp³-hybridized carbons (Fsp3) is 0.786. The normalized spacial score (nSPS) is 24.1. The highest BCUT2D eigenvalue weighted by Crippen LogP contribution is 2.37. The molecule has 1 saturated carbocycles. The van der Waals surface area contributed by atoms with Crippen molar-refractivity contribution in [1.82, 2.24) is 10.5 Å². The number of nitrogens with one attached hydrogen (secondary N) is 1. The van der Waals surface area contributed by atoms with Gasteiger partial charge in [-0.05, 0) is 46.1 Å². The predicted molar refractivity (Wildman–Crippen MR) is 69.5 cm³/mol. The highest BCUT2D eigenvalue weighted by Gasteiger charge is 2.41. The average Bonchev–Trinajstić information content (AvgIpc) is 2.70. The second-order valence-corrected chi connectivity index (χ2v) is 5.61. The van der Waals surface area contributed by atoms with Gasteiger partial charge in [0.05, 0.1) is 11.6 Å². The van der Waals surface area contributed by atoms with E-state index in [1.165, 1.54) is 0 Å². The second kappa shape index (κ2) is 6.16. The molecule has 0 spiro atoms. The van der Waals surface area contributed by atoms with Gasteiger partial charge in [0.15, 0.2) is 0 Å². The Bertz CT molecular complexity index is 423. The standard InChI is InChI=1S/C14H21F3N2O/c1-9-13(10(2)20-19-9)6-7-18-12-5-3-4-11(8-12)14(15,16)17/h11-12,18H,3-8H2,1-2H3/t11-,12+/m0/s1. The monoisotopic (exact) mass is 290 g/mol. The molecule has 0 saturated heterocycles. The lowest BCUT2D eigenvalue weighted by atomic mass is 9.85. The van der Waals surface area contributed by atoms with E-state index in [9.17, 15) is 13.2 Å². The van der Waals surface area contributed by atoms with Crippen molar-refractivity contribution in [3.8, 4) is 0 Å². The Labute approximate surface area is 116 Å². The molecule has 0 aliphatic heterocycles. The lowest BCUT2D eigenvalue weighted by Crippen LogP contribution is -2.39. The first-order valence-corrected chi connectivity index (χ1v) is 7.09. The number of aromatic nitrogens is 1. The van der Waals surface area contributed by atoms with Crippen LogP contribution in [-0.2, 0) is 6.42 Å². The van der Waals surface area contributed by atoms with Crippen LogP contribution in [0.15, 0.2) is 4.52 Å². The third-order valence-corrected chi connectivity index (χ3v) is 4.13. The largest absolute Gasteiger partial charge is 0.391 e. The Balaban J connectivity index is 1.80. The first-order valence-electron chi connectivity index (χ1n) is 7.09. The maximum absolute atomic E-state index is 12.7. The summed E-state index contributed by atoms with van der Waals surface area (Å²) >= 11 is 0. The predicted octanol–water partition coefficient (Wildman–Crippen LogP) is 3.54. The number of aryl methyl sites for hydroxylation is 2. The second-order valence-electron chi connectivity index (χ2n) is 5.61. The van der Waals surface area contributed by atoms with Gasteiger partial charge in [0.25, 0.3) is 0 Å². The van der Waals surface area contributed by atoms with Gasteiger partial charge in [0.2, 0.25) is 0 Å². The van der Waals surface area contributed by atoms with Crippen LogP contribution in [0.25, 0.3) is 0 Å². The molecule has 1 fully saturated rings. The van der Waals surface area contributed by atoms with E-state index in [2.05, 4.69) is 10.5 Å². The topological polar surface area (TPSA) is 38.1 Å². The summed E-state index contributed by atoms with van der Waals surface area (Å²) in [6.07, 6.45) is -1.37. The summed E-state index contributed by atoms with van der Waals surface area (Å²) in [5.41, 5.74) is 1.92. The van der Waals surface area contributed by atoms with Crippen molar-refractivity contribution >= 4 is 0 Å². The summed E-state index contributed by atoms with van der Waals surface area (Å²) < 4.78 is 43.2. The van der Waals surface area contributed by atoms with E-state index in [4.69, 9.17) is 4.52 Å². The zero-order valence-corrected chi connectivity index (χ0v) is 11.9. The van der Waals surface area contributed by atoms with Crippen molar-refractivity contribution in [2.45, 2.75) is 58.2 Å². The molecule has 1 aromatic heterocycles. The minimum atomic E-state index is -4.05. The van der Waals surface area contributed by atoms with Crippen LogP contribution in [0.1, 0.15) is 42.7 Å². The Hall–Kier alpha value is -1.04. The van der Waals surface area contributed by atoms with Crippen LogP contribution in [0, 0.1) is 19.8 Å². The van der Waals surface area contributed by atoms with Crippen molar-refractivity contribution in [1.29, 1.82) is 0 Å². The van der Waals surface area contributed by atoms with Crippen molar-refractivity contribution in [2.75, 3.05) is 6.54 Å². The molecule has 0 unspecified atom stereocenters. The summed E-state index contributed by atoms with van der Waals surface area (Å²) in [6, 6.07) is -0.0316. The molecule has 2 rings (SSSR count). The maximum atomic E-state index is 12.7. The number of nitrogens with zero attached hydrogens (tertiary/aromatic N) is 1. The summed E-state index contributed by atoms with van der Waals surface area (Å²) in [5, 5.41) is 7.12. The molecule has 2 atom stereocenters. The third-order valence-electron chi connectivity index (χ3n) is 4.13. The number of alkyl halides is 3. The molecule has 6 heteroatoms. The van der Waals surface area contributed by atoms with E-state index < -0.39 is 12.1 Å². The van der Waals surface area contributed by atoms with E-state index in [-0.39, 0.29) is 18.9 Å². The van der Waals surface area contributed by atoms with Crippen LogP contribution in [0.4, 0.5) is 13.2 Å². The Kier molecular flexibility index (Phi) is 4.73. The highest BCUT2D eigenvalue weighted by atomic mass is 19.4. The molecule has 3 nitrogen and oxygen atoms in total. The molecular formula is C14H21F3N2O. The lowest BCUT2D eigenvalue weighted by molar-refractivity contribution is -0.183. The van der Waals surface area contributed by atoms with Crippen LogP contribution >= 0.6 is 0 Å². The number of rotatable bonds is 4. The quantitative estimate of drug-likeness (QED) is 0.921. The third kappa shape index (κ3) is 3.75. The van der Waals surface area contributed by atoms with Crippen LogP contribution in [0.2, 0.25) is 0 Å². The van der Waals surface area contributed by atoms with Gasteiger partial charge >= 0.3 is 6.18 Å². The lowest BCUT2D eigenvalue weighted by Gasteiger charge is -2.31. The first-order chi connectivity index (χ1) is 9.38. The molecule has 1 N–H and O–H groups in total. The number of hydrogen-bond donors (Lipinski definition) is 1. The van der Waals surface area contributed by atoms with E-state index >= 15 is 0 Å². The molecule has 1 aromatic rings. The Morgan fingerprint density at radius 1 is 1.30 bits per heavy atom. The van der Waals surface area contributed by atoms with Gasteiger partial charge in [-0.2, -0.15) is 13.2 Å². The van der Waals surface area contributed by atoms with Crippen LogP contribution in [0.3, 0.4) is 0 Å². The van der Waals surface area contributed by atoms with E-state index in [0.717, 1.165) is 29.9 Å². The SMILES string of the molecule is Cc1noc(C)c1CCN[C@@H]1CCC[C@H](C(F)(F)F)C1. The van der Waals surface area contributed by atoms with E-state index in [1.54, 1.807) is 0 Å². The zero-order valence-electron chi connectivity index (χ0n) is 11.9. The van der Waals surface area contributed by atoms with Gasteiger partial charge in [-0.1, -0.05) is 11.6 Å². The molecular weight excluding hydrogens is 269 g/mol. The molecule has 1 aliphatic carbocycles. The summed E-state index contributed by atoms with van der Waals surface area (Å²) in [4.78, 5) is 0. The smallest absolute Gasteiger partial charge is 0.361 e. The fourth-order valence-corrected chi connectivity index (χ4v) is 2.93. The van der Waals surface area contributed by atoms with E-state index in [0.29, 0.717) is 13.0 Å². The molecule has 1 aliphatic rings. The highest BCUT2D eigenvalue weighted by molar-refractivity contribution is 5.20. The minimum Gasteiger partial charge on any atom is -0.361 e. The van der Waals surface area contributed by atoms with Gasteiger partial charge in [0, 0.05) is 11.6 Å². The van der Waals surface area contributed by atoms with E-state index in [1.807, 2.05) is 13.8 Å². The van der Waals surface area contributed by atoms with Crippen LogP contribution in [-0.4, -0.2) is 23.9 Å². The fourth-order valence-electron chi connectivity index (χ4n) is 2.93. The number of hydrogen-bond acceptors (Lipinski definition) is 3. The van der Waals surface area contributed by atoms with Crippen molar-refractivity contribution in [3.05, 3.63) is 17.0 Å². The van der Waals surface area contributed by atoms with Gasteiger partial charge in [0.1, 0.15) is 5.76 Å². The maximum Gasteiger partial charge on any atom is 0.391 e. The van der Waals surface area contributed by atoms with Crippen LogP contribution < -0.4 is 5.32 Å². The molecule has 0 radical (unpaired) electrons.